The van der Waals surface area contributed by atoms with Crippen LogP contribution in [0, 0.1) is 5.92 Å². The van der Waals surface area contributed by atoms with Gasteiger partial charge in [-0.2, -0.15) is 0 Å². The standard InChI is InChI=1S/C16H24N2O5S/c1-5-6-7-22-15(21)13(8-10(2)3)23-14(20)12-9-24-16(18-12)17-11(4)19/h9-10,13H,5-8H2,1-4H3,(H,17,18,19)/t13-/m1/s1. The molecule has 0 saturated carbocycles. The van der Waals surface area contributed by atoms with Crippen molar-refractivity contribution in [2.24, 2.45) is 5.92 Å². The van der Waals surface area contributed by atoms with E-state index in [-0.39, 0.29) is 17.5 Å². The predicted molar refractivity (Wildman–Crippen MR) is 90.9 cm³/mol. The number of hydrogen-bond donors (Lipinski definition) is 1. The zero-order valence-electron chi connectivity index (χ0n) is 14.5. The number of nitrogens with zero attached hydrogens (tertiary/aromatic N) is 1. The summed E-state index contributed by atoms with van der Waals surface area (Å²) in [6.07, 6.45) is 1.09. The molecule has 1 amide bonds. The van der Waals surface area contributed by atoms with E-state index in [2.05, 4.69) is 10.3 Å². The van der Waals surface area contributed by atoms with Crippen molar-refractivity contribution in [2.45, 2.75) is 53.1 Å². The van der Waals surface area contributed by atoms with E-state index in [1.54, 1.807) is 0 Å². The van der Waals surface area contributed by atoms with Crippen LogP contribution in [-0.2, 0) is 19.1 Å². The van der Waals surface area contributed by atoms with Crippen molar-refractivity contribution < 1.29 is 23.9 Å². The number of thiazole rings is 1. The fourth-order valence-electron chi connectivity index (χ4n) is 1.80. The summed E-state index contributed by atoms with van der Waals surface area (Å²) in [5, 5.41) is 4.27. The third-order valence-corrected chi connectivity index (χ3v) is 3.69. The highest BCUT2D eigenvalue weighted by molar-refractivity contribution is 7.14. The summed E-state index contributed by atoms with van der Waals surface area (Å²) in [6, 6.07) is 0. The highest BCUT2D eigenvalue weighted by Crippen LogP contribution is 2.18. The average Bonchev–Trinajstić information content (AvgIpc) is 2.94. The Kier molecular flexibility index (Phi) is 8.39. The molecule has 0 aromatic carbocycles. The van der Waals surface area contributed by atoms with Gasteiger partial charge in [-0.1, -0.05) is 27.2 Å². The van der Waals surface area contributed by atoms with Crippen LogP contribution < -0.4 is 5.32 Å². The Bertz CT molecular complexity index is 571. The second-order valence-corrected chi connectivity index (χ2v) is 6.62. The zero-order valence-corrected chi connectivity index (χ0v) is 15.3. The van der Waals surface area contributed by atoms with Crippen molar-refractivity contribution in [3.8, 4) is 0 Å². The Morgan fingerprint density at radius 1 is 1.33 bits per heavy atom. The number of anilines is 1. The van der Waals surface area contributed by atoms with Gasteiger partial charge in [0.2, 0.25) is 5.91 Å². The van der Waals surface area contributed by atoms with Gasteiger partial charge in [-0.3, -0.25) is 4.79 Å². The van der Waals surface area contributed by atoms with E-state index >= 15 is 0 Å². The molecule has 0 bridgehead atoms. The van der Waals surface area contributed by atoms with Gasteiger partial charge < -0.3 is 14.8 Å². The highest BCUT2D eigenvalue weighted by atomic mass is 32.1. The molecular formula is C16H24N2O5S. The van der Waals surface area contributed by atoms with Gasteiger partial charge in [0.15, 0.2) is 16.9 Å². The van der Waals surface area contributed by atoms with Crippen LogP contribution in [0.3, 0.4) is 0 Å². The number of amides is 1. The number of aromatic nitrogens is 1. The lowest BCUT2D eigenvalue weighted by Crippen LogP contribution is -2.31. The minimum atomic E-state index is -0.958. The smallest absolute Gasteiger partial charge is 0.358 e. The first-order valence-electron chi connectivity index (χ1n) is 7.94. The maximum Gasteiger partial charge on any atom is 0.358 e. The van der Waals surface area contributed by atoms with Gasteiger partial charge >= 0.3 is 11.9 Å². The number of unbranched alkanes of at least 4 members (excludes halogenated alkanes) is 1. The van der Waals surface area contributed by atoms with E-state index in [0.717, 1.165) is 24.2 Å². The Morgan fingerprint density at radius 2 is 2.04 bits per heavy atom. The molecule has 0 fully saturated rings. The lowest BCUT2D eigenvalue weighted by atomic mass is 10.1. The molecule has 1 aromatic rings. The number of rotatable bonds is 9. The molecule has 0 spiro atoms. The maximum absolute atomic E-state index is 12.2. The van der Waals surface area contributed by atoms with Crippen LogP contribution in [0.25, 0.3) is 0 Å². The molecule has 1 aromatic heterocycles. The summed E-state index contributed by atoms with van der Waals surface area (Å²) in [6.45, 7) is 7.51. The first-order valence-corrected chi connectivity index (χ1v) is 8.82. The van der Waals surface area contributed by atoms with Crippen LogP contribution in [0.2, 0.25) is 0 Å². The monoisotopic (exact) mass is 356 g/mol. The highest BCUT2D eigenvalue weighted by Gasteiger charge is 2.27. The SMILES string of the molecule is CCCCOC(=O)[C@@H](CC(C)C)OC(=O)c1csc(NC(C)=O)n1. The van der Waals surface area contributed by atoms with Crippen molar-refractivity contribution in [2.75, 3.05) is 11.9 Å². The molecule has 0 aliphatic heterocycles. The van der Waals surface area contributed by atoms with Gasteiger partial charge in [0.1, 0.15) is 0 Å². The van der Waals surface area contributed by atoms with Gasteiger partial charge in [-0.15, -0.1) is 11.3 Å². The Labute approximate surface area is 145 Å². The quantitative estimate of drug-likeness (QED) is 0.540. The first-order chi connectivity index (χ1) is 11.3. The molecule has 1 atom stereocenters. The zero-order chi connectivity index (χ0) is 18.1. The molecule has 0 unspecified atom stereocenters. The lowest BCUT2D eigenvalue weighted by molar-refractivity contribution is -0.155. The Morgan fingerprint density at radius 3 is 2.62 bits per heavy atom. The third-order valence-electron chi connectivity index (χ3n) is 2.94. The minimum Gasteiger partial charge on any atom is -0.463 e. The topological polar surface area (TPSA) is 94.6 Å². The molecule has 134 valence electrons. The van der Waals surface area contributed by atoms with Crippen molar-refractivity contribution in [1.29, 1.82) is 0 Å². The summed E-state index contributed by atoms with van der Waals surface area (Å²) in [4.78, 5) is 39.2. The Balaban J connectivity index is 2.70. The summed E-state index contributed by atoms with van der Waals surface area (Å²) in [7, 11) is 0. The lowest BCUT2D eigenvalue weighted by Gasteiger charge is -2.18. The molecule has 24 heavy (non-hydrogen) atoms. The molecule has 0 radical (unpaired) electrons. The fourth-order valence-corrected chi connectivity index (χ4v) is 2.52. The molecule has 0 aliphatic carbocycles. The number of carbonyl (C=O) groups is 3. The molecule has 1 N–H and O–H groups in total. The van der Waals surface area contributed by atoms with Gasteiger partial charge in [0.05, 0.1) is 6.61 Å². The predicted octanol–water partition coefficient (Wildman–Crippen LogP) is 3.02. The molecule has 1 rings (SSSR count). The van der Waals surface area contributed by atoms with Crippen molar-refractivity contribution in [3.05, 3.63) is 11.1 Å². The van der Waals surface area contributed by atoms with Crippen LogP contribution >= 0.6 is 11.3 Å². The van der Waals surface area contributed by atoms with Crippen LogP contribution in [0.15, 0.2) is 5.38 Å². The van der Waals surface area contributed by atoms with E-state index in [4.69, 9.17) is 9.47 Å². The van der Waals surface area contributed by atoms with Crippen molar-refractivity contribution in [1.82, 2.24) is 4.98 Å². The summed E-state index contributed by atoms with van der Waals surface area (Å²) < 4.78 is 10.4. The van der Waals surface area contributed by atoms with Crippen LogP contribution in [0.1, 0.15) is 57.4 Å². The van der Waals surface area contributed by atoms with Gasteiger partial charge in [-0.25, -0.2) is 14.6 Å². The largest absolute Gasteiger partial charge is 0.463 e. The van der Waals surface area contributed by atoms with E-state index in [1.165, 1.54) is 12.3 Å². The second-order valence-electron chi connectivity index (χ2n) is 5.76. The molecule has 0 saturated heterocycles. The van der Waals surface area contributed by atoms with E-state index in [9.17, 15) is 14.4 Å². The number of hydrogen-bond acceptors (Lipinski definition) is 7. The maximum atomic E-state index is 12.2. The number of ether oxygens (including phenoxy) is 2. The van der Waals surface area contributed by atoms with E-state index in [1.807, 2.05) is 20.8 Å². The summed E-state index contributed by atoms with van der Waals surface area (Å²) >= 11 is 1.11. The normalized spacial score (nSPS) is 11.9. The van der Waals surface area contributed by atoms with Crippen LogP contribution in [0.5, 0.6) is 0 Å². The summed E-state index contributed by atoms with van der Waals surface area (Å²) in [5.74, 6) is -1.36. The number of carbonyl (C=O) groups excluding carboxylic acids is 3. The molecule has 8 heteroatoms. The van der Waals surface area contributed by atoms with Gasteiger partial charge in [-0.05, 0) is 18.8 Å². The molecular weight excluding hydrogens is 332 g/mol. The number of esters is 2. The van der Waals surface area contributed by atoms with E-state index in [0.29, 0.717) is 18.2 Å². The first kappa shape index (κ1) is 20.1. The molecule has 0 aliphatic rings. The number of nitrogens with one attached hydrogen (secondary N) is 1. The molecule has 7 nitrogen and oxygen atoms in total. The molecule has 1 heterocycles. The third kappa shape index (κ3) is 7.08. The van der Waals surface area contributed by atoms with Crippen molar-refractivity contribution >= 4 is 34.3 Å². The fraction of sp³-hybridized carbons (Fsp3) is 0.625. The van der Waals surface area contributed by atoms with Gasteiger partial charge in [0, 0.05) is 12.3 Å². The van der Waals surface area contributed by atoms with Gasteiger partial charge in [0.25, 0.3) is 0 Å². The van der Waals surface area contributed by atoms with Crippen molar-refractivity contribution in [3.63, 3.8) is 0 Å². The van der Waals surface area contributed by atoms with Crippen LogP contribution in [-0.4, -0.2) is 35.5 Å². The van der Waals surface area contributed by atoms with Crippen LogP contribution in [0.4, 0.5) is 5.13 Å². The van der Waals surface area contributed by atoms with E-state index < -0.39 is 18.0 Å². The minimum absolute atomic E-state index is 0.0545. The average molecular weight is 356 g/mol. The second kappa shape index (κ2) is 10.0. The summed E-state index contributed by atoms with van der Waals surface area (Å²) in [5.41, 5.74) is 0.0545. The Hall–Kier alpha value is -1.96.